The van der Waals surface area contributed by atoms with E-state index in [1.165, 1.54) is 52.3 Å². The number of benzene rings is 1. The quantitative estimate of drug-likeness (QED) is 0.264. The van der Waals surface area contributed by atoms with Gasteiger partial charge in [0.15, 0.2) is 15.9 Å². The lowest BCUT2D eigenvalue weighted by Crippen LogP contribution is -2.58. The molecule has 0 saturated carbocycles. The van der Waals surface area contributed by atoms with Gasteiger partial charge in [0.2, 0.25) is 11.8 Å². The summed E-state index contributed by atoms with van der Waals surface area (Å²) in [7, 11) is -5.83. The predicted molar refractivity (Wildman–Crippen MR) is 164 cm³/mol. The number of ether oxygens (including phenoxy) is 2. The number of thiophene rings is 1. The highest BCUT2D eigenvalue weighted by Crippen LogP contribution is 2.30. The molecule has 12 nitrogen and oxygen atoms in total. The average molecular weight is 734 g/mol. The van der Waals surface area contributed by atoms with Crippen LogP contribution in [0.3, 0.4) is 0 Å². The molecule has 0 bridgehead atoms. The van der Waals surface area contributed by atoms with E-state index in [-0.39, 0.29) is 8.55 Å². The van der Waals surface area contributed by atoms with Crippen molar-refractivity contribution in [3.63, 3.8) is 0 Å². The molecule has 5 atom stereocenters. The maximum Gasteiger partial charge on any atom is 0.416 e. The summed E-state index contributed by atoms with van der Waals surface area (Å²) in [5, 5.41) is 10.7. The van der Waals surface area contributed by atoms with Crippen molar-refractivity contribution < 1.29 is 54.2 Å². The maximum atomic E-state index is 13.9. The lowest BCUT2D eigenvalue weighted by Gasteiger charge is -2.32. The van der Waals surface area contributed by atoms with Gasteiger partial charge in [0.25, 0.3) is 10.0 Å². The minimum absolute atomic E-state index is 0.150. The third kappa shape index (κ3) is 9.32. The Morgan fingerprint density at radius 1 is 1.11 bits per heavy atom. The van der Waals surface area contributed by atoms with Crippen LogP contribution in [0.15, 0.2) is 40.6 Å². The molecule has 1 aromatic heterocycles. The van der Waals surface area contributed by atoms with Crippen molar-refractivity contribution in [1.29, 1.82) is 0 Å². The molecule has 3 rings (SSSR count). The molecule has 2 heterocycles. The molecule has 1 unspecified atom stereocenters. The van der Waals surface area contributed by atoms with E-state index in [2.05, 4.69) is 10.0 Å². The van der Waals surface area contributed by atoms with Crippen LogP contribution in [0.1, 0.15) is 25.8 Å². The van der Waals surface area contributed by atoms with Gasteiger partial charge in [0.05, 0.1) is 35.1 Å². The van der Waals surface area contributed by atoms with Crippen LogP contribution in [0.4, 0.5) is 13.2 Å². The van der Waals surface area contributed by atoms with Gasteiger partial charge in [-0.25, -0.2) is 16.8 Å². The Morgan fingerprint density at radius 3 is 2.24 bits per heavy atom. The lowest BCUT2D eigenvalue weighted by atomic mass is 9.97. The van der Waals surface area contributed by atoms with E-state index in [9.17, 15) is 44.7 Å². The first kappa shape index (κ1) is 38.0. The molecule has 0 radical (unpaired) electrons. The second-order valence-corrected chi connectivity index (χ2v) is 16.9. The number of amides is 2. The Balaban J connectivity index is 1.97. The van der Waals surface area contributed by atoms with E-state index in [1.54, 1.807) is 12.1 Å². The number of carbonyl (C=O) groups is 2. The summed E-state index contributed by atoms with van der Waals surface area (Å²) in [6.07, 6.45) is -8.55. The minimum atomic E-state index is -5.09. The van der Waals surface area contributed by atoms with Crippen molar-refractivity contribution in [2.75, 3.05) is 27.4 Å². The van der Waals surface area contributed by atoms with Crippen LogP contribution in [0, 0.1) is 5.92 Å². The number of hydrogen-bond donors (Lipinski definition) is 3. The molecule has 1 saturated heterocycles. The molecule has 0 spiro atoms. The summed E-state index contributed by atoms with van der Waals surface area (Å²) >= 11 is 6.57. The van der Waals surface area contributed by atoms with Crippen LogP contribution < -0.4 is 14.8 Å². The maximum absolute atomic E-state index is 13.9. The average Bonchev–Trinajstić information content (AvgIpc) is 3.62. The Labute approximate surface area is 274 Å². The van der Waals surface area contributed by atoms with Crippen molar-refractivity contribution in [3.8, 4) is 5.75 Å². The van der Waals surface area contributed by atoms with Crippen molar-refractivity contribution in [1.82, 2.24) is 14.9 Å². The number of hydrogen-bond acceptors (Lipinski definition) is 10. The summed E-state index contributed by atoms with van der Waals surface area (Å²) in [5.74, 6) is -3.14. The highest BCUT2D eigenvalue weighted by molar-refractivity contribution is 7.91. The number of sulfonamides is 1. The number of nitrogens with zero attached hydrogens (tertiary/aromatic N) is 1. The molecule has 19 heteroatoms. The molecule has 0 aliphatic carbocycles. The largest absolute Gasteiger partial charge is 0.497 e. The predicted octanol–water partition coefficient (Wildman–Crippen LogP) is 2.35. The fourth-order valence-electron chi connectivity index (χ4n) is 4.91. The Bertz CT molecular complexity index is 1590. The van der Waals surface area contributed by atoms with Gasteiger partial charge in [-0.1, -0.05) is 37.6 Å². The molecule has 46 heavy (non-hydrogen) atoms. The Hall–Kier alpha value is -2.48. The zero-order valence-corrected chi connectivity index (χ0v) is 28.4. The first-order valence-corrected chi connectivity index (χ1v) is 18.2. The molecular weight excluding hydrogens is 699 g/mol. The van der Waals surface area contributed by atoms with Crippen molar-refractivity contribution in [3.05, 3.63) is 46.3 Å². The van der Waals surface area contributed by atoms with Gasteiger partial charge < -0.3 is 24.8 Å². The Morgan fingerprint density at radius 2 is 1.74 bits per heavy atom. The second kappa shape index (κ2) is 15.2. The van der Waals surface area contributed by atoms with Crippen molar-refractivity contribution in [2.24, 2.45) is 5.92 Å². The SMILES string of the molecule is COC[C@H](NS(=O)(=O)c1ccc(Cl)s1)C(=O)N1C[C@H](S(=O)(=O)Cc2ccc(OC)cc2)C[C@H]1C(=O)NC(C(C)C)[C@H](O)C(F)(F)F. The number of halogens is 4. The summed E-state index contributed by atoms with van der Waals surface area (Å²) in [4.78, 5) is 28.2. The number of nitrogens with one attached hydrogen (secondary N) is 2. The molecule has 1 fully saturated rings. The number of aliphatic hydroxyl groups excluding tert-OH is 1. The summed E-state index contributed by atoms with van der Waals surface area (Å²) in [6, 6.07) is 3.53. The van der Waals surface area contributed by atoms with E-state index in [0.717, 1.165) is 4.90 Å². The number of aliphatic hydroxyl groups is 1. The van der Waals surface area contributed by atoms with E-state index in [0.29, 0.717) is 22.6 Å². The van der Waals surface area contributed by atoms with Gasteiger partial charge in [-0.05, 0) is 42.2 Å². The van der Waals surface area contributed by atoms with Gasteiger partial charge >= 0.3 is 6.18 Å². The van der Waals surface area contributed by atoms with Crippen LogP contribution in [0.5, 0.6) is 5.75 Å². The first-order valence-electron chi connectivity index (χ1n) is 13.8. The molecule has 1 aromatic carbocycles. The fraction of sp³-hybridized carbons (Fsp3) is 0.556. The smallest absolute Gasteiger partial charge is 0.416 e. The highest BCUT2D eigenvalue weighted by atomic mass is 35.5. The monoisotopic (exact) mass is 733 g/mol. The molecule has 1 aliphatic rings. The van der Waals surface area contributed by atoms with Gasteiger partial charge in [0.1, 0.15) is 22.0 Å². The van der Waals surface area contributed by atoms with E-state index in [4.69, 9.17) is 21.1 Å². The minimum Gasteiger partial charge on any atom is -0.497 e. The van der Waals surface area contributed by atoms with Gasteiger partial charge in [-0.3, -0.25) is 9.59 Å². The van der Waals surface area contributed by atoms with E-state index < -0.39 is 98.6 Å². The number of likely N-dealkylation sites (tertiary alicyclic amines) is 1. The number of carbonyl (C=O) groups excluding carboxylic acids is 2. The van der Waals surface area contributed by atoms with Gasteiger partial charge in [-0.15, -0.1) is 11.3 Å². The highest BCUT2D eigenvalue weighted by Gasteiger charge is 2.49. The number of methoxy groups -OCH3 is 2. The third-order valence-electron chi connectivity index (χ3n) is 7.33. The second-order valence-electron chi connectivity index (χ2n) is 11.0. The van der Waals surface area contributed by atoms with Crippen LogP contribution >= 0.6 is 22.9 Å². The summed E-state index contributed by atoms with van der Waals surface area (Å²) in [5.41, 5.74) is 0.374. The van der Waals surface area contributed by atoms with Crippen molar-refractivity contribution >= 4 is 54.6 Å². The van der Waals surface area contributed by atoms with E-state index >= 15 is 0 Å². The number of alkyl halides is 3. The topological polar surface area (TPSA) is 168 Å². The van der Waals surface area contributed by atoms with Crippen LogP contribution in [0.25, 0.3) is 0 Å². The van der Waals surface area contributed by atoms with E-state index in [1.807, 2.05) is 0 Å². The molecular formula is C27H35ClF3N3O9S3. The Kier molecular flexibility index (Phi) is 12.5. The number of sulfone groups is 1. The molecule has 2 amide bonds. The summed E-state index contributed by atoms with van der Waals surface area (Å²) < 4.78 is 106. The lowest BCUT2D eigenvalue weighted by molar-refractivity contribution is -0.215. The zero-order chi connectivity index (χ0) is 34.6. The first-order chi connectivity index (χ1) is 21.3. The third-order valence-corrected chi connectivity index (χ3v) is 12.6. The molecule has 1 aliphatic heterocycles. The fourth-order valence-corrected chi connectivity index (χ4v) is 9.34. The van der Waals surface area contributed by atoms with Gasteiger partial charge in [-0.2, -0.15) is 17.9 Å². The molecule has 2 aromatic rings. The normalized spacial score (nSPS) is 19.6. The van der Waals surface area contributed by atoms with Crippen LogP contribution in [0.2, 0.25) is 4.34 Å². The standard InChI is InChI=1S/C27H35ClF3N3O9S3/c1-15(2)23(24(35)27(29,30)31)32-25(36)20-11-18(45(38,39)14-16-5-7-17(43-4)8-6-16)12-34(20)26(37)19(13-42-3)33-46(40,41)22-10-9-21(28)44-22/h5-10,15,18-20,23-24,33,35H,11-14H2,1-4H3,(H,32,36)/t18-,19+,20+,23?,24+/m1/s1. The molecule has 258 valence electrons. The zero-order valence-electron chi connectivity index (χ0n) is 25.2. The van der Waals surface area contributed by atoms with Crippen molar-refractivity contribution in [2.45, 2.75) is 65.9 Å². The summed E-state index contributed by atoms with van der Waals surface area (Å²) in [6.45, 7) is 1.56. The van der Waals surface area contributed by atoms with Crippen LogP contribution in [-0.2, 0) is 39.9 Å². The van der Waals surface area contributed by atoms with Crippen LogP contribution in [-0.4, -0.2) is 102 Å². The van der Waals surface area contributed by atoms with Gasteiger partial charge in [0, 0.05) is 13.7 Å². The molecule has 3 N–H and O–H groups in total. The number of rotatable bonds is 14.